The summed E-state index contributed by atoms with van der Waals surface area (Å²) >= 11 is 0. The van der Waals surface area contributed by atoms with Gasteiger partial charge in [0.1, 0.15) is 18.1 Å². The molecule has 0 bridgehead atoms. The highest BCUT2D eigenvalue weighted by molar-refractivity contribution is 5.74. The van der Waals surface area contributed by atoms with E-state index in [0.717, 1.165) is 12.0 Å². The van der Waals surface area contributed by atoms with E-state index >= 15 is 0 Å². The van der Waals surface area contributed by atoms with Crippen LogP contribution in [0.5, 0.6) is 5.75 Å². The summed E-state index contributed by atoms with van der Waals surface area (Å²) in [6, 6.07) is 6.95. The van der Waals surface area contributed by atoms with Crippen LogP contribution in [0.2, 0.25) is 0 Å². The number of rotatable bonds is 4. The van der Waals surface area contributed by atoms with Crippen molar-refractivity contribution in [2.24, 2.45) is 0 Å². The highest BCUT2D eigenvalue weighted by Gasteiger charge is 2.08. The minimum atomic E-state index is -0.175. The average molecular weight is 228 g/mol. The maximum Gasteiger partial charge on any atom is 0.150 e. The molecule has 86 valence electrons. The second kappa shape index (κ2) is 5.21. The Kier molecular flexibility index (Phi) is 3.45. The molecule has 0 amide bonds. The molecule has 1 aromatic heterocycles. The van der Waals surface area contributed by atoms with Crippen molar-refractivity contribution in [1.82, 2.24) is 9.97 Å². The van der Waals surface area contributed by atoms with Crippen molar-refractivity contribution in [2.45, 2.75) is 13.0 Å². The normalized spacial score (nSPS) is 11.8. The Labute approximate surface area is 99.3 Å². The number of hydrogen-bond acceptors (Lipinski definition) is 4. The molecule has 2 aromatic rings. The molecular formula is C13H12N2O2. The van der Waals surface area contributed by atoms with Crippen molar-refractivity contribution in [3.05, 3.63) is 54.1 Å². The molecule has 1 heterocycles. The smallest absolute Gasteiger partial charge is 0.150 e. The van der Waals surface area contributed by atoms with Crippen molar-refractivity contribution in [2.75, 3.05) is 0 Å². The topological polar surface area (TPSA) is 52.1 Å². The number of ether oxygens (including phenoxy) is 1. The van der Waals surface area contributed by atoms with Gasteiger partial charge in [0.05, 0.1) is 11.9 Å². The molecule has 2 rings (SSSR count). The average Bonchev–Trinajstić information content (AvgIpc) is 2.40. The van der Waals surface area contributed by atoms with E-state index in [0.29, 0.717) is 11.3 Å². The zero-order valence-electron chi connectivity index (χ0n) is 9.41. The predicted octanol–water partition coefficient (Wildman–Crippen LogP) is 2.43. The molecular weight excluding hydrogens is 216 g/mol. The Morgan fingerprint density at radius 2 is 2.00 bits per heavy atom. The summed E-state index contributed by atoms with van der Waals surface area (Å²) in [4.78, 5) is 18.7. The Morgan fingerprint density at radius 1 is 1.24 bits per heavy atom. The van der Waals surface area contributed by atoms with E-state index in [4.69, 9.17) is 4.74 Å². The molecule has 0 aliphatic carbocycles. The van der Waals surface area contributed by atoms with Gasteiger partial charge in [0.15, 0.2) is 0 Å². The fourth-order valence-electron chi connectivity index (χ4n) is 1.41. The minimum Gasteiger partial charge on any atom is -0.484 e. The molecule has 0 saturated heterocycles. The van der Waals surface area contributed by atoms with Crippen molar-refractivity contribution in [3.63, 3.8) is 0 Å². The molecule has 1 unspecified atom stereocenters. The first kappa shape index (κ1) is 11.3. The monoisotopic (exact) mass is 228 g/mol. The summed E-state index contributed by atoms with van der Waals surface area (Å²) in [7, 11) is 0. The maximum absolute atomic E-state index is 10.5. The predicted molar refractivity (Wildman–Crippen MR) is 62.9 cm³/mol. The number of benzene rings is 1. The van der Waals surface area contributed by atoms with Gasteiger partial charge in [-0.25, -0.2) is 0 Å². The Hall–Kier alpha value is -2.23. The molecule has 4 nitrogen and oxygen atoms in total. The second-order valence-electron chi connectivity index (χ2n) is 3.58. The third kappa shape index (κ3) is 2.87. The molecule has 0 radical (unpaired) electrons. The largest absolute Gasteiger partial charge is 0.484 e. The van der Waals surface area contributed by atoms with E-state index in [2.05, 4.69) is 9.97 Å². The third-order valence-electron chi connectivity index (χ3n) is 2.33. The van der Waals surface area contributed by atoms with Gasteiger partial charge in [0, 0.05) is 18.0 Å². The van der Waals surface area contributed by atoms with Crippen LogP contribution >= 0.6 is 0 Å². The van der Waals surface area contributed by atoms with Crippen molar-refractivity contribution < 1.29 is 9.53 Å². The number of aromatic nitrogens is 2. The Morgan fingerprint density at radius 3 is 2.59 bits per heavy atom. The lowest BCUT2D eigenvalue weighted by Gasteiger charge is -2.13. The van der Waals surface area contributed by atoms with E-state index in [-0.39, 0.29) is 6.10 Å². The van der Waals surface area contributed by atoms with Gasteiger partial charge in [-0.1, -0.05) is 0 Å². The van der Waals surface area contributed by atoms with Crippen LogP contribution in [0.15, 0.2) is 42.9 Å². The number of aldehydes is 1. The number of hydrogen-bond donors (Lipinski definition) is 0. The van der Waals surface area contributed by atoms with Crippen LogP contribution in [-0.4, -0.2) is 16.3 Å². The lowest BCUT2D eigenvalue weighted by atomic mass is 10.2. The number of nitrogens with zero attached hydrogens (tertiary/aromatic N) is 2. The molecule has 0 aliphatic rings. The molecule has 0 fully saturated rings. The molecule has 0 spiro atoms. The highest BCUT2D eigenvalue weighted by atomic mass is 16.5. The van der Waals surface area contributed by atoms with Gasteiger partial charge in [-0.2, -0.15) is 0 Å². The summed E-state index contributed by atoms with van der Waals surface area (Å²) in [5.41, 5.74) is 1.40. The van der Waals surface area contributed by atoms with Crippen molar-refractivity contribution in [3.8, 4) is 5.75 Å². The Bertz CT molecular complexity index is 483. The van der Waals surface area contributed by atoms with Crippen LogP contribution in [0.4, 0.5) is 0 Å². The summed E-state index contributed by atoms with van der Waals surface area (Å²) < 4.78 is 5.68. The molecule has 0 aliphatic heterocycles. The SMILES string of the molecule is CC(Oc1ccc(C=O)cc1)c1cnccn1. The van der Waals surface area contributed by atoms with Crippen molar-refractivity contribution in [1.29, 1.82) is 0 Å². The molecule has 4 heteroatoms. The van der Waals surface area contributed by atoms with E-state index in [1.54, 1.807) is 42.9 Å². The van der Waals surface area contributed by atoms with Crippen LogP contribution in [0, 0.1) is 0 Å². The summed E-state index contributed by atoms with van der Waals surface area (Å²) in [6.07, 6.45) is 5.55. The van der Waals surface area contributed by atoms with E-state index in [1.807, 2.05) is 6.92 Å². The van der Waals surface area contributed by atoms with Gasteiger partial charge in [0.2, 0.25) is 0 Å². The maximum atomic E-state index is 10.5. The molecule has 0 N–H and O–H groups in total. The van der Waals surface area contributed by atoms with Crippen molar-refractivity contribution >= 4 is 6.29 Å². The van der Waals surface area contributed by atoms with E-state index in [1.165, 1.54) is 0 Å². The summed E-state index contributed by atoms with van der Waals surface area (Å²) in [5.74, 6) is 0.703. The lowest BCUT2D eigenvalue weighted by Crippen LogP contribution is -2.05. The van der Waals surface area contributed by atoms with Gasteiger partial charge in [-0.05, 0) is 31.2 Å². The highest BCUT2D eigenvalue weighted by Crippen LogP contribution is 2.19. The van der Waals surface area contributed by atoms with E-state index in [9.17, 15) is 4.79 Å². The summed E-state index contributed by atoms with van der Waals surface area (Å²) in [6.45, 7) is 1.90. The van der Waals surface area contributed by atoms with Crippen LogP contribution < -0.4 is 4.74 Å². The molecule has 0 saturated carbocycles. The zero-order valence-corrected chi connectivity index (χ0v) is 9.41. The van der Waals surface area contributed by atoms with Gasteiger partial charge in [-0.3, -0.25) is 14.8 Å². The lowest BCUT2D eigenvalue weighted by molar-refractivity contribution is 0.112. The van der Waals surface area contributed by atoms with Gasteiger partial charge in [-0.15, -0.1) is 0 Å². The van der Waals surface area contributed by atoms with Crippen LogP contribution in [0.1, 0.15) is 29.1 Å². The van der Waals surface area contributed by atoms with E-state index < -0.39 is 0 Å². The van der Waals surface area contributed by atoms with Crippen LogP contribution in [-0.2, 0) is 0 Å². The summed E-state index contributed by atoms with van der Waals surface area (Å²) in [5, 5.41) is 0. The van der Waals surface area contributed by atoms with Crippen LogP contribution in [0.3, 0.4) is 0 Å². The van der Waals surface area contributed by atoms with Gasteiger partial charge >= 0.3 is 0 Å². The number of carbonyl (C=O) groups is 1. The van der Waals surface area contributed by atoms with Crippen LogP contribution in [0.25, 0.3) is 0 Å². The first-order chi connectivity index (χ1) is 8.29. The quantitative estimate of drug-likeness (QED) is 0.754. The molecule has 17 heavy (non-hydrogen) atoms. The van der Waals surface area contributed by atoms with Gasteiger partial charge in [0.25, 0.3) is 0 Å². The second-order valence-corrected chi connectivity index (χ2v) is 3.58. The minimum absolute atomic E-state index is 0.175. The third-order valence-corrected chi connectivity index (χ3v) is 2.33. The Balaban J connectivity index is 2.07. The molecule has 1 atom stereocenters. The fourth-order valence-corrected chi connectivity index (χ4v) is 1.41. The first-order valence-electron chi connectivity index (χ1n) is 5.27. The zero-order chi connectivity index (χ0) is 12.1. The fraction of sp³-hybridized carbons (Fsp3) is 0.154. The number of carbonyl (C=O) groups excluding carboxylic acids is 1. The molecule has 1 aromatic carbocycles. The van der Waals surface area contributed by atoms with Gasteiger partial charge < -0.3 is 4.74 Å². The standard InChI is InChI=1S/C13H12N2O2/c1-10(13-8-14-6-7-15-13)17-12-4-2-11(9-16)3-5-12/h2-10H,1H3. The first-order valence-corrected chi connectivity index (χ1v) is 5.27.